The predicted octanol–water partition coefficient (Wildman–Crippen LogP) is 3.15. The Labute approximate surface area is 137 Å². The maximum Gasteiger partial charge on any atom is 0.338 e. The Kier molecular flexibility index (Phi) is 4.38. The molecule has 7 heteroatoms. The third kappa shape index (κ3) is 3.57. The fourth-order valence-corrected chi connectivity index (χ4v) is 2.92. The van der Waals surface area contributed by atoms with Gasteiger partial charge in [-0.15, -0.1) is 11.3 Å². The Bertz CT molecular complexity index is 825. The number of carbonyl (C=O) groups is 1. The first-order valence-electron chi connectivity index (χ1n) is 7.09. The Balaban J connectivity index is 1.77. The van der Waals surface area contributed by atoms with E-state index in [9.17, 15) is 4.79 Å². The summed E-state index contributed by atoms with van der Waals surface area (Å²) in [6, 6.07) is 7.79. The van der Waals surface area contributed by atoms with E-state index in [0.717, 1.165) is 22.0 Å². The van der Waals surface area contributed by atoms with Crippen molar-refractivity contribution in [1.82, 2.24) is 14.8 Å². The van der Waals surface area contributed by atoms with Crippen molar-refractivity contribution in [2.45, 2.75) is 13.5 Å². The highest BCUT2D eigenvalue weighted by atomic mass is 32.1. The largest absolute Gasteiger partial charge is 0.494 e. The van der Waals surface area contributed by atoms with Gasteiger partial charge >= 0.3 is 5.97 Å². The van der Waals surface area contributed by atoms with Crippen molar-refractivity contribution >= 4 is 17.3 Å². The maximum absolute atomic E-state index is 10.9. The molecule has 0 bridgehead atoms. The zero-order valence-electron chi connectivity index (χ0n) is 12.5. The maximum atomic E-state index is 10.9. The highest BCUT2D eigenvalue weighted by Gasteiger charge is 2.09. The van der Waals surface area contributed by atoms with Crippen LogP contribution in [0.4, 0.5) is 0 Å². The van der Waals surface area contributed by atoms with Crippen molar-refractivity contribution in [2.75, 3.05) is 6.61 Å². The van der Waals surface area contributed by atoms with Crippen LogP contribution in [0.3, 0.4) is 0 Å². The lowest BCUT2D eigenvalue weighted by atomic mass is 10.2. The molecule has 0 spiro atoms. The Morgan fingerprint density at radius 2 is 2.30 bits per heavy atom. The average Bonchev–Trinajstić information content (AvgIpc) is 3.18. The van der Waals surface area contributed by atoms with Crippen LogP contribution in [-0.2, 0) is 6.54 Å². The molecule has 0 aliphatic rings. The van der Waals surface area contributed by atoms with E-state index in [0.29, 0.717) is 13.2 Å². The smallest absolute Gasteiger partial charge is 0.338 e. The Hall–Kier alpha value is -2.67. The van der Waals surface area contributed by atoms with Gasteiger partial charge in [0, 0.05) is 17.1 Å². The van der Waals surface area contributed by atoms with E-state index in [1.165, 1.54) is 23.7 Å². The number of carboxylic acids is 1. The molecule has 0 saturated carbocycles. The molecule has 6 nitrogen and oxygen atoms in total. The number of nitrogens with zero attached hydrogens (tertiary/aromatic N) is 3. The Morgan fingerprint density at radius 1 is 1.43 bits per heavy atom. The molecular formula is C16H15N3O3S. The standard InChI is InChI=1S/C16H15N3O3S/c1-2-22-13-5-3-4-11(6-13)14-10-23-15(18-14)9-19-8-12(7-17-19)16(20)21/h3-8,10H,2,9H2,1H3,(H,20,21). The summed E-state index contributed by atoms with van der Waals surface area (Å²) in [5, 5.41) is 15.8. The minimum Gasteiger partial charge on any atom is -0.494 e. The lowest BCUT2D eigenvalue weighted by Gasteiger charge is -2.04. The van der Waals surface area contributed by atoms with E-state index in [4.69, 9.17) is 9.84 Å². The summed E-state index contributed by atoms with van der Waals surface area (Å²) in [6.45, 7) is 3.02. The first-order chi connectivity index (χ1) is 11.2. The minimum absolute atomic E-state index is 0.172. The summed E-state index contributed by atoms with van der Waals surface area (Å²) >= 11 is 1.52. The minimum atomic E-state index is -0.983. The van der Waals surface area contributed by atoms with E-state index < -0.39 is 5.97 Å². The molecule has 2 aromatic heterocycles. The van der Waals surface area contributed by atoms with Crippen molar-refractivity contribution in [3.63, 3.8) is 0 Å². The molecule has 0 fully saturated rings. The van der Waals surface area contributed by atoms with Gasteiger partial charge in [-0.3, -0.25) is 4.68 Å². The van der Waals surface area contributed by atoms with Gasteiger partial charge in [-0.2, -0.15) is 5.10 Å². The summed E-state index contributed by atoms with van der Waals surface area (Å²) in [5.74, 6) is -0.165. The van der Waals surface area contributed by atoms with Crippen molar-refractivity contribution in [1.29, 1.82) is 0 Å². The van der Waals surface area contributed by atoms with Gasteiger partial charge in [0.05, 0.1) is 30.6 Å². The highest BCUT2D eigenvalue weighted by Crippen LogP contribution is 2.25. The van der Waals surface area contributed by atoms with E-state index >= 15 is 0 Å². The monoisotopic (exact) mass is 329 g/mol. The molecule has 0 atom stereocenters. The number of benzene rings is 1. The molecule has 23 heavy (non-hydrogen) atoms. The van der Waals surface area contributed by atoms with Gasteiger partial charge in [0.2, 0.25) is 0 Å². The molecule has 0 unspecified atom stereocenters. The van der Waals surface area contributed by atoms with E-state index in [1.54, 1.807) is 4.68 Å². The summed E-state index contributed by atoms with van der Waals surface area (Å²) in [4.78, 5) is 15.4. The number of ether oxygens (including phenoxy) is 1. The van der Waals surface area contributed by atoms with Crippen LogP contribution in [0.5, 0.6) is 5.75 Å². The number of thiazole rings is 1. The molecule has 2 heterocycles. The van der Waals surface area contributed by atoms with Gasteiger partial charge in [0.25, 0.3) is 0 Å². The number of rotatable bonds is 6. The second-order valence-corrected chi connectivity index (χ2v) is 5.76. The zero-order valence-corrected chi connectivity index (χ0v) is 13.3. The van der Waals surface area contributed by atoms with E-state index in [2.05, 4.69) is 10.1 Å². The van der Waals surface area contributed by atoms with Gasteiger partial charge in [0.15, 0.2) is 0 Å². The fraction of sp³-hybridized carbons (Fsp3) is 0.188. The number of aromatic nitrogens is 3. The first-order valence-corrected chi connectivity index (χ1v) is 7.97. The molecule has 0 amide bonds. The van der Waals surface area contributed by atoms with Crippen LogP contribution in [-0.4, -0.2) is 32.4 Å². The second kappa shape index (κ2) is 6.62. The number of hydrogen-bond acceptors (Lipinski definition) is 5. The summed E-state index contributed by atoms with van der Waals surface area (Å²) in [7, 11) is 0. The van der Waals surface area contributed by atoms with Crippen molar-refractivity contribution in [2.24, 2.45) is 0 Å². The number of aromatic carboxylic acids is 1. The van der Waals surface area contributed by atoms with Gasteiger partial charge in [0.1, 0.15) is 10.8 Å². The quantitative estimate of drug-likeness (QED) is 0.751. The van der Waals surface area contributed by atoms with Crippen LogP contribution in [0.2, 0.25) is 0 Å². The first kappa shape index (κ1) is 15.2. The van der Waals surface area contributed by atoms with Gasteiger partial charge in [-0.1, -0.05) is 12.1 Å². The number of hydrogen-bond donors (Lipinski definition) is 1. The molecule has 0 aliphatic heterocycles. The van der Waals surface area contributed by atoms with Crippen LogP contribution in [0.1, 0.15) is 22.3 Å². The summed E-state index contributed by atoms with van der Waals surface area (Å²) in [6.07, 6.45) is 2.83. The molecule has 0 radical (unpaired) electrons. The molecule has 1 aromatic carbocycles. The average molecular weight is 329 g/mol. The molecule has 3 rings (SSSR count). The molecular weight excluding hydrogens is 314 g/mol. The normalized spacial score (nSPS) is 10.7. The van der Waals surface area contributed by atoms with Crippen LogP contribution in [0, 0.1) is 0 Å². The van der Waals surface area contributed by atoms with Crippen LogP contribution in [0.15, 0.2) is 42.0 Å². The molecule has 0 aliphatic carbocycles. The molecule has 1 N–H and O–H groups in total. The van der Waals surface area contributed by atoms with Crippen molar-refractivity contribution in [3.8, 4) is 17.0 Å². The third-order valence-corrected chi connectivity index (χ3v) is 4.00. The summed E-state index contributed by atoms with van der Waals surface area (Å²) < 4.78 is 7.07. The van der Waals surface area contributed by atoms with Gasteiger partial charge < -0.3 is 9.84 Å². The lowest BCUT2D eigenvalue weighted by molar-refractivity contribution is 0.0697. The predicted molar refractivity (Wildman–Crippen MR) is 87.0 cm³/mol. The zero-order chi connectivity index (χ0) is 16.2. The van der Waals surface area contributed by atoms with Crippen LogP contribution >= 0.6 is 11.3 Å². The SMILES string of the molecule is CCOc1cccc(-c2csc(Cn3cc(C(=O)O)cn3)n2)c1. The van der Waals surface area contributed by atoms with Crippen LogP contribution in [0.25, 0.3) is 11.3 Å². The molecule has 0 saturated heterocycles. The van der Waals surface area contributed by atoms with Gasteiger partial charge in [-0.25, -0.2) is 9.78 Å². The van der Waals surface area contributed by atoms with Gasteiger partial charge in [-0.05, 0) is 19.1 Å². The highest BCUT2D eigenvalue weighted by molar-refractivity contribution is 7.09. The van der Waals surface area contributed by atoms with Crippen LogP contribution < -0.4 is 4.74 Å². The van der Waals surface area contributed by atoms with E-state index in [-0.39, 0.29) is 5.56 Å². The topological polar surface area (TPSA) is 77.2 Å². The third-order valence-electron chi connectivity index (χ3n) is 3.17. The Morgan fingerprint density at radius 3 is 3.04 bits per heavy atom. The molecule has 3 aromatic rings. The lowest BCUT2D eigenvalue weighted by Crippen LogP contribution is -2.00. The second-order valence-electron chi connectivity index (χ2n) is 4.82. The fourth-order valence-electron chi connectivity index (χ4n) is 2.13. The van der Waals surface area contributed by atoms with Crippen molar-refractivity contribution < 1.29 is 14.6 Å². The summed E-state index contributed by atoms with van der Waals surface area (Å²) in [5.41, 5.74) is 2.04. The van der Waals surface area contributed by atoms with Crippen molar-refractivity contribution in [3.05, 3.63) is 52.6 Å². The molecule has 118 valence electrons. The van der Waals surface area contributed by atoms with E-state index in [1.807, 2.05) is 36.6 Å². The number of carboxylic acid groups (broad SMARTS) is 1.